The maximum atomic E-state index is 10.5. The number of aromatic nitrogens is 12. The van der Waals surface area contributed by atoms with Gasteiger partial charge in [-0.1, -0.05) is 388 Å². The van der Waals surface area contributed by atoms with E-state index in [1.807, 2.05) is 309 Å². The lowest BCUT2D eigenvalue weighted by Crippen LogP contribution is -2.06. The highest BCUT2D eigenvalue weighted by molar-refractivity contribution is 6.25. The van der Waals surface area contributed by atoms with Gasteiger partial charge in [0.25, 0.3) is 0 Å². The molecule has 0 aliphatic carbocycles. The number of para-hydroxylation sites is 6. The molecule has 8 heterocycles. The van der Waals surface area contributed by atoms with Crippen LogP contribution in [0.2, 0.25) is 0 Å². The van der Waals surface area contributed by atoms with Crippen LogP contribution in [0.1, 0.15) is 16.7 Å². The Balaban J connectivity index is 0.000000113. The highest BCUT2D eigenvalue weighted by Gasteiger charge is 2.32. The van der Waals surface area contributed by atoms with Crippen LogP contribution in [-0.4, -0.2) is 58.6 Å². The molecule has 28 rings (SSSR count). The van der Waals surface area contributed by atoms with Crippen molar-refractivity contribution >= 4 is 109 Å². The average Bonchev–Trinajstić information content (AvgIpc) is 1.57. The first kappa shape index (κ1) is 88.1. The van der Waals surface area contributed by atoms with Crippen LogP contribution in [-0.2, 0) is 0 Å². The molecule has 0 aliphatic heterocycles. The molecule has 694 valence electrons. The molecule has 8 aromatic heterocycles. The second-order valence-corrected chi connectivity index (χ2v) is 36.3. The Morgan fingerprint density at radius 3 is 0.738 bits per heavy atom. The summed E-state index contributed by atoms with van der Waals surface area (Å²) in [5, 5.41) is 42.0. The molecule has 0 saturated carbocycles. The third-order valence-electron chi connectivity index (χ3n) is 27.4. The zero-order chi connectivity index (χ0) is 99.4. The molecule has 0 unspecified atom stereocenters. The molecule has 17 nitrogen and oxygen atoms in total. The number of furan rings is 2. The van der Waals surface area contributed by atoms with Gasteiger partial charge in [-0.25, -0.2) is 44.9 Å². The Labute approximate surface area is 853 Å². The van der Waals surface area contributed by atoms with E-state index in [0.717, 1.165) is 199 Å². The van der Waals surface area contributed by atoms with Gasteiger partial charge in [0.2, 0.25) is 0 Å². The summed E-state index contributed by atoms with van der Waals surface area (Å²) >= 11 is 0. The summed E-state index contributed by atoms with van der Waals surface area (Å²) in [6, 6.07) is 168. The minimum Gasteiger partial charge on any atom is -0.455 e. The molecule has 149 heavy (non-hydrogen) atoms. The van der Waals surface area contributed by atoms with Gasteiger partial charge >= 0.3 is 0 Å². The highest BCUT2D eigenvalue weighted by atomic mass is 16.3. The summed E-state index contributed by atoms with van der Waals surface area (Å²) in [4.78, 5) is 45.7. The van der Waals surface area contributed by atoms with Crippen molar-refractivity contribution < 1.29 is 8.83 Å². The number of hydrogen-bond donors (Lipinski definition) is 0. The van der Waals surface area contributed by atoms with Crippen molar-refractivity contribution in [1.29, 1.82) is 15.8 Å². The molecular weight excluding hydrogens is 1830 g/mol. The lowest BCUT2D eigenvalue weighted by Gasteiger charge is -2.19. The molecular formula is C132H79N15O2. The first-order valence-electron chi connectivity index (χ1n) is 49.0. The lowest BCUT2D eigenvalue weighted by atomic mass is 9.96. The minimum absolute atomic E-state index is 0.458. The van der Waals surface area contributed by atoms with E-state index in [0.29, 0.717) is 80.2 Å². The average molecular weight is 1910 g/mol. The molecule has 0 fully saturated rings. The normalized spacial score (nSPS) is 11.3. The molecule has 0 bridgehead atoms. The van der Waals surface area contributed by atoms with E-state index in [2.05, 4.69) is 202 Å². The highest BCUT2D eigenvalue weighted by Crippen LogP contribution is 2.50. The van der Waals surface area contributed by atoms with Crippen molar-refractivity contribution in [3.05, 3.63) is 496 Å². The lowest BCUT2D eigenvalue weighted by molar-refractivity contribution is 0.671. The van der Waals surface area contributed by atoms with Crippen molar-refractivity contribution in [3.8, 4) is 171 Å². The first-order chi connectivity index (χ1) is 73.8. The van der Waals surface area contributed by atoms with Gasteiger partial charge in [-0.05, 0) is 108 Å². The molecule has 0 saturated heterocycles. The molecule has 0 aliphatic rings. The summed E-state index contributed by atoms with van der Waals surface area (Å²) in [7, 11) is 0. The summed E-state index contributed by atoms with van der Waals surface area (Å²) in [6.45, 7) is 0. The van der Waals surface area contributed by atoms with Crippen LogP contribution in [0.15, 0.2) is 488 Å². The van der Waals surface area contributed by atoms with Gasteiger partial charge < -0.3 is 22.5 Å². The van der Waals surface area contributed by atoms with Crippen LogP contribution in [0.25, 0.3) is 262 Å². The van der Waals surface area contributed by atoms with Crippen LogP contribution in [0.3, 0.4) is 0 Å². The summed E-state index contributed by atoms with van der Waals surface area (Å²) in [6.07, 6.45) is 0. The van der Waals surface area contributed by atoms with Gasteiger partial charge in [-0.2, -0.15) is 15.8 Å². The fourth-order valence-corrected chi connectivity index (χ4v) is 20.7. The van der Waals surface area contributed by atoms with Crippen molar-refractivity contribution in [1.82, 2.24) is 58.6 Å². The van der Waals surface area contributed by atoms with Crippen LogP contribution in [0.5, 0.6) is 0 Å². The van der Waals surface area contributed by atoms with E-state index in [4.69, 9.17) is 53.7 Å². The maximum Gasteiger partial charge on any atom is 0.166 e. The van der Waals surface area contributed by atoms with Gasteiger partial charge in [0.05, 0.1) is 90.4 Å². The van der Waals surface area contributed by atoms with E-state index >= 15 is 0 Å². The van der Waals surface area contributed by atoms with Crippen LogP contribution >= 0.6 is 0 Å². The molecule has 0 spiro atoms. The molecule has 20 aromatic carbocycles. The molecule has 17 heteroatoms. The zero-order valence-corrected chi connectivity index (χ0v) is 79.6. The van der Waals surface area contributed by atoms with Gasteiger partial charge in [0.1, 0.15) is 16.7 Å². The zero-order valence-electron chi connectivity index (χ0n) is 79.6. The van der Waals surface area contributed by atoms with Crippen LogP contribution in [0.4, 0.5) is 0 Å². The number of nitriles is 3. The fourth-order valence-electron chi connectivity index (χ4n) is 20.7. The number of rotatable bonds is 15. The Bertz CT molecular complexity index is 10000. The van der Waals surface area contributed by atoms with Crippen molar-refractivity contribution in [2.24, 2.45) is 0 Å². The van der Waals surface area contributed by atoms with E-state index in [1.165, 1.54) is 0 Å². The Morgan fingerprint density at radius 1 is 0.174 bits per heavy atom. The predicted octanol–water partition coefficient (Wildman–Crippen LogP) is 32.3. The van der Waals surface area contributed by atoms with E-state index in [-0.39, 0.29) is 0 Å². The quantitative estimate of drug-likeness (QED) is 0.0930. The summed E-state index contributed by atoms with van der Waals surface area (Å²) < 4.78 is 20.2. The van der Waals surface area contributed by atoms with Gasteiger partial charge in [-0.3, -0.25) is 0 Å². The summed E-state index contributed by atoms with van der Waals surface area (Å²) in [5.74, 6) is 4.73. The second-order valence-electron chi connectivity index (χ2n) is 36.3. The Morgan fingerprint density at radius 2 is 0.403 bits per heavy atom. The van der Waals surface area contributed by atoms with Crippen LogP contribution in [0, 0.1) is 34.0 Å². The second kappa shape index (κ2) is 37.7. The first-order valence-corrected chi connectivity index (χ1v) is 49.0. The van der Waals surface area contributed by atoms with Crippen molar-refractivity contribution in [2.75, 3.05) is 0 Å². The standard InChI is InChI=1S/2C46H27N5O.C40H25N5/c47-28-29-26-36(30-14-4-1-5-15-30)42(37(27-29)46-49-44(31-16-6-2-7-17-31)48-45(50-46)32-18-8-3-9-19-32)51-38-22-12-10-21-35(38)41-39(51)25-24-34-33-20-11-13-23-40(33)52-43(34)41;47-28-29-26-37(30-14-4-1-5-15-30)41(38(27-29)46-49-44(31-16-6-2-7-17-31)48-45(50-46)32-18-8-3-9-19-32)51-39-22-12-10-20-33(39)35-24-25-36-34-21-11-13-23-40(34)52-43(36)42(35)51;41-26-27-24-33(28-14-4-1-5-15-28)37(45-35-22-12-10-20-31(35)32-21-11-13-23-36(32)45)34(25-27)40-43-38(29-16-6-2-7-17-29)42-39(44-40)30-18-8-3-9-19-30/h2*1-27H;1-25H. The van der Waals surface area contributed by atoms with Gasteiger partial charge in [0, 0.05) is 115 Å². The molecule has 0 atom stereocenters. The van der Waals surface area contributed by atoms with Crippen molar-refractivity contribution in [3.63, 3.8) is 0 Å². The van der Waals surface area contributed by atoms with Gasteiger partial charge in [-0.15, -0.1) is 0 Å². The maximum absolute atomic E-state index is 10.5. The van der Waals surface area contributed by atoms with E-state index < -0.39 is 0 Å². The third-order valence-corrected chi connectivity index (χ3v) is 27.4. The Hall–Kier alpha value is -21.1. The minimum atomic E-state index is 0.458. The number of benzene rings is 20. The SMILES string of the molecule is N#Cc1cc(-c2ccccc2)c(-n2c3ccccc3c3c4oc5ccccc5c4ccc32)c(-c2nc(-c3ccccc3)nc(-c3ccccc3)n2)c1.N#Cc1cc(-c2ccccc2)c(-n2c3ccccc3c3ccc4c5ccccc5oc4c32)c(-c2nc(-c3ccccc3)nc(-c3ccccc3)n2)c1.N#Cc1cc(-c2ccccc2)c(-n2c3ccccc3c3ccccc32)c(-c2nc(-c3ccccc3)nc(-c3ccccc3)n2)c1. The van der Waals surface area contributed by atoms with E-state index in [1.54, 1.807) is 0 Å². The topological polar surface area (TPSA) is 228 Å². The largest absolute Gasteiger partial charge is 0.455 e. The Kier molecular flexibility index (Phi) is 22.3. The monoisotopic (exact) mass is 1910 g/mol. The molecule has 0 radical (unpaired) electrons. The number of hydrogen-bond acceptors (Lipinski definition) is 14. The number of nitrogens with zero attached hydrogens (tertiary/aromatic N) is 15. The number of fused-ring (bicyclic) bond motifs is 17. The predicted molar refractivity (Wildman–Crippen MR) is 596 cm³/mol. The summed E-state index contributed by atoms with van der Waals surface area (Å²) in [5.41, 5.74) is 26.4. The smallest absolute Gasteiger partial charge is 0.166 e. The molecule has 28 aromatic rings. The van der Waals surface area contributed by atoms with E-state index in [9.17, 15) is 15.8 Å². The van der Waals surface area contributed by atoms with Crippen LogP contribution < -0.4 is 0 Å². The van der Waals surface area contributed by atoms with Gasteiger partial charge in [0.15, 0.2) is 58.0 Å². The fraction of sp³-hybridized carbons (Fsp3) is 0. The molecule has 0 amide bonds. The third kappa shape index (κ3) is 15.9. The molecule has 0 N–H and O–H groups in total. The van der Waals surface area contributed by atoms with Crippen molar-refractivity contribution in [2.45, 2.75) is 0 Å².